The maximum absolute atomic E-state index is 11.2. The van der Waals surface area contributed by atoms with Gasteiger partial charge in [-0.2, -0.15) is 0 Å². The van der Waals surface area contributed by atoms with E-state index in [0.717, 1.165) is 5.69 Å². The van der Waals surface area contributed by atoms with Crippen LogP contribution in [0.1, 0.15) is 34.5 Å². The summed E-state index contributed by atoms with van der Waals surface area (Å²) in [5, 5.41) is 9.98. The standard InChI is InChI=1S/C14H15NO4/c1-18-14(17)13-8-7-12(19-13)11(16)6-5-10-4-2-3-9-15-10/h2-4,7-9,11,16H,5-6H2,1H3. The van der Waals surface area contributed by atoms with Crippen LogP contribution in [0.4, 0.5) is 0 Å². The van der Waals surface area contributed by atoms with Crippen LogP contribution in [0.3, 0.4) is 0 Å². The van der Waals surface area contributed by atoms with Gasteiger partial charge in [0.25, 0.3) is 0 Å². The molecule has 2 aromatic rings. The van der Waals surface area contributed by atoms with E-state index in [4.69, 9.17) is 4.42 Å². The fourth-order valence-electron chi connectivity index (χ4n) is 1.72. The number of furan rings is 1. The third-order valence-corrected chi connectivity index (χ3v) is 2.74. The zero-order chi connectivity index (χ0) is 13.7. The summed E-state index contributed by atoms with van der Waals surface area (Å²) in [7, 11) is 1.28. The Morgan fingerprint density at radius 1 is 1.42 bits per heavy atom. The highest BCUT2D eigenvalue weighted by atomic mass is 16.5. The van der Waals surface area contributed by atoms with E-state index in [2.05, 4.69) is 9.72 Å². The molecule has 0 aliphatic rings. The number of hydrogen-bond acceptors (Lipinski definition) is 5. The minimum absolute atomic E-state index is 0.0920. The Morgan fingerprint density at radius 3 is 2.95 bits per heavy atom. The predicted octanol–water partition coefficient (Wildman–Crippen LogP) is 2.13. The number of hydrogen-bond donors (Lipinski definition) is 1. The molecule has 0 bridgehead atoms. The second kappa shape index (κ2) is 6.15. The molecular formula is C14H15NO4. The fraction of sp³-hybridized carbons (Fsp3) is 0.286. The van der Waals surface area contributed by atoms with Crippen molar-refractivity contribution in [3.05, 3.63) is 53.7 Å². The molecule has 0 saturated heterocycles. The highest BCUT2D eigenvalue weighted by molar-refractivity contribution is 5.86. The number of pyridine rings is 1. The molecule has 1 unspecified atom stereocenters. The molecule has 0 aliphatic carbocycles. The lowest BCUT2D eigenvalue weighted by atomic mass is 10.1. The van der Waals surface area contributed by atoms with E-state index in [9.17, 15) is 9.90 Å². The van der Waals surface area contributed by atoms with E-state index >= 15 is 0 Å². The van der Waals surface area contributed by atoms with E-state index in [1.807, 2.05) is 18.2 Å². The van der Waals surface area contributed by atoms with Gasteiger partial charge in [-0.25, -0.2) is 4.79 Å². The summed E-state index contributed by atoms with van der Waals surface area (Å²) in [5.41, 5.74) is 0.904. The van der Waals surface area contributed by atoms with Crippen molar-refractivity contribution in [1.82, 2.24) is 4.98 Å². The summed E-state index contributed by atoms with van der Waals surface area (Å²) in [6, 6.07) is 8.71. The summed E-state index contributed by atoms with van der Waals surface area (Å²) in [5.74, 6) is -0.103. The molecule has 5 nitrogen and oxygen atoms in total. The zero-order valence-electron chi connectivity index (χ0n) is 10.6. The van der Waals surface area contributed by atoms with Crippen molar-refractivity contribution >= 4 is 5.97 Å². The lowest BCUT2D eigenvalue weighted by Gasteiger charge is -2.07. The van der Waals surface area contributed by atoms with Crippen LogP contribution in [-0.4, -0.2) is 23.2 Å². The first kappa shape index (κ1) is 13.3. The van der Waals surface area contributed by atoms with Crippen LogP contribution in [-0.2, 0) is 11.2 Å². The summed E-state index contributed by atoms with van der Waals surface area (Å²) < 4.78 is 9.78. The number of carbonyl (C=O) groups excluding carboxylic acids is 1. The summed E-state index contributed by atoms with van der Waals surface area (Å²) in [4.78, 5) is 15.4. The van der Waals surface area contributed by atoms with Gasteiger partial charge in [-0.05, 0) is 37.1 Å². The average molecular weight is 261 g/mol. The average Bonchev–Trinajstić information content (AvgIpc) is 2.95. The van der Waals surface area contributed by atoms with Gasteiger partial charge in [-0.1, -0.05) is 6.07 Å². The molecule has 1 N–H and O–H groups in total. The molecule has 5 heteroatoms. The SMILES string of the molecule is COC(=O)c1ccc(C(O)CCc2ccccn2)o1. The largest absolute Gasteiger partial charge is 0.463 e. The molecule has 0 spiro atoms. The van der Waals surface area contributed by atoms with Crippen LogP contribution in [0.2, 0.25) is 0 Å². The molecule has 0 aliphatic heterocycles. The molecule has 0 radical (unpaired) electrons. The second-order valence-corrected chi connectivity index (χ2v) is 4.07. The first-order valence-electron chi connectivity index (χ1n) is 5.96. The fourth-order valence-corrected chi connectivity index (χ4v) is 1.72. The first-order valence-corrected chi connectivity index (χ1v) is 5.96. The maximum Gasteiger partial charge on any atom is 0.373 e. The third kappa shape index (κ3) is 3.42. The minimum atomic E-state index is -0.764. The zero-order valence-corrected chi connectivity index (χ0v) is 10.6. The van der Waals surface area contributed by atoms with Crippen LogP contribution in [0.25, 0.3) is 0 Å². The quantitative estimate of drug-likeness (QED) is 0.835. The monoisotopic (exact) mass is 261 g/mol. The molecular weight excluding hydrogens is 246 g/mol. The summed E-state index contributed by atoms with van der Waals surface area (Å²) in [6.07, 6.45) is 2.06. The molecule has 0 amide bonds. The smallest absolute Gasteiger partial charge is 0.373 e. The van der Waals surface area contributed by atoms with Crippen LogP contribution in [0.5, 0.6) is 0 Å². The highest BCUT2D eigenvalue weighted by Gasteiger charge is 2.16. The summed E-state index contributed by atoms with van der Waals surface area (Å²) >= 11 is 0. The third-order valence-electron chi connectivity index (χ3n) is 2.74. The number of ether oxygens (including phenoxy) is 1. The maximum atomic E-state index is 11.2. The van der Waals surface area contributed by atoms with Gasteiger partial charge in [-0.15, -0.1) is 0 Å². The Labute approximate surface area is 110 Å². The number of esters is 1. The van der Waals surface area contributed by atoms with Crippen molar-refractivity contribution < 1.29 is 19.1 Å². The molecule has 19 heavy (non-hydrogen) atoms. The number of methoxy groups -OCH3 is 1. The number of aryl methyl sites for hydroxylation is 1. The number of nitrogens with zero attached hydrogens (tertiary/aromatic N) is 1. The number of rotatable bonds is 5. The normalized spacial score (nSPS) is 12.1. The summed E-state index contributed by atoms with van der Waals surface area (Å²) in [6.45, 7) is 0. The van der Waals surface area contributed by atoms with Crippen molar-refractivity contribution in [1.29, 1.82) is 0 Å². The van der Waals surface area contributed by atoms with Gasteiger partial charge in [0.1, 0.15) is 11.9 Å². The van der Waals surface area contributed by atoms with Gasteiger partial charge in [-0.3, -0.25) is 4.98 Å². The number of aliphatic hydroxyl groups excluding tert-OH is 1. The molecule has 1 atom stereocenters. The van der Waals surface area contributed by atoms with Gasteiger partial charge in [0.15, 0.2) is 0 Å². The second-order valence-electron chi connectivity index (χ2n) is 4.07. The van der Waals surface area contributed by atoms with E-state index in [1.165, 1.54) is 13.2 Å². The van der Waals surface area contributed by atoms with Gasteiger partial charge in [0, 0.05) is 11.9 Å². The molecule has 100 valence electrons. The molecule has 2 rings (SSSR count). The highest BCUT2D eigenvalue weighted by Crippen LogP contribution is 2.21. The Hall–Kier alpha value is -2.14. The minimum Gasteiger partial charge on any atom is -0.463 e. The molecule has 0 fully saturated rings. The van der Waals surface area contributed by atoms with Gasteiger partial charge < -0.3 is 14.3 Å². The van der Waals surface area contributed by atoms with Crippen molar-refractivity contribution in [2.24, 2.45) is 0 Å². The molecule has 0 saturated carbocycles. The van der Waals surface area contributed by atoms with Crippen LogP contribution < -0.4 is 0 Å². The molecule has 0 aromatic carbocycles. The van der Waals surface area contributed by atoms with Crippen molar-refractivity contribution in [2.45, 2.75) is 18.9 Å². The van der Waals surface area contributed by atoms with Crippen LogP contribution in [0, 0.1) is 0 Å². The Morgan fingerprint density at radius 2 is 2.26 bits per heavy atom. The lowest BCUT2D eigenvalue weighted by Crippen LogP contribution is -2.01. The van der Waals surface area contributed by atoms with E-state index in [1.54, 1.807) is 12.3 Å². The lowest BCUT2D eigenvalue weighted by molar-refractivity contribution is 0.0553. The molecule has 2 heterocycles. The Kier molecular flexibility index (Phi) is 4.30. The number of aliphatic hydroxyl groups is 1. The van der Waals surface area contributed by atoms with Gasteiger partial charge in [0.05, 0.1) is 7.11 Å². The van der Waals surface area contributed by atoms with E-state index < -0.39 is 12.1 Å². The predicted molar refractivity (Wildman–Crippen MR) is 67.6 cm³/mol. The number of carbonyl (C=O) groups is 1. The van der Waals surface area contributed by atoms with Crippen LogP contribution in [0.15, 0.2) is 40.9 Å². The van der Waals surface area contributed by atoms with E-state index in [0.29, 0.717) is 18.6 Å². The van der Waals surface area contributed by atoms with Crippen molar-refractivity contribution in [2.75, 3.05) is 7.11 Å². The molecule has 2 aromatic heterocycles. The van der Waals surface area contributed by atoms with Crippen LogP contribution >= 0.6 is 0 Å². The van der Waals surface area contributed by atoms with Gasteiger partial charge in [0.2, 0.25) is 5.76 Å². The Bertz CT molecular complexity index is 535. The topological polar surface area (TPSA) is 72.6 Å². The van der Waals surface area contributed by atoms with Crippen molar-refractivity contribution in [3.8, 4) is 0 Å². The van der Waals surface area contributed by atoms with Gasteiger partial charge >= 0.3 is 5.97 Å². The first-order chi connectivity index (χ1) is 9.20. The van der Waals surface area contributed by atoms with E-state index in [-0.39, 0.29) is 5.76 Å². The van der Waals surface area contributed by atoms with Crippen molar-refractivity contribution in [3.63, 3.8) is 0 Å². The number of aromatic nitrogens is 1. The Balaban J connectivity index is 1.94.